The van der Waals surface area contributed by atoms with Crippen molar-refractivity contribution < 1.29 is 4.79 Å². The molecule has 4 nitrogen and oxygen atoms in total. The van der Waals surface area contributed by atoms with Crippen LogP contribution in [0.5, 0.6) is 0 Å². The fraction of sp³-hybridized carbons (Fsp3) is 0.917. The third-order valence-corrected chi connectivity index (χ3v) is 3.44. The van der Waals surface area contributed by atoms with Crippen molar-refractivity contribution in [1.82, 2.24) is 15.1 Å². The zero-order valence-corrected chi connectivity index (χ0v) is 10.8. The van der Waals surface area contributed by atoms with Crippen LogP contribution >= 0.6 is 0 Å². The zero-order valence-electron chi connectivity index (χ0n) is 10.8. The van der Waals surface area contributed by atoms with E-state index in [0.29, 0.717) is 6.04 Å². The molecule has 1 unspecified atom stereocenters. The van der Waals surface area contributed by atoms with Gasteiger partial charge in [-0.1, -0.05) is 6.92 Å². The van der Waals surface area contributed by atoms with Crippen molar-refractivity contribution in [3.8, 4) is 0 Å². The average molecular weight is 227 g/mol. The summed E-state index contributed by atoms with van der Waals surface area (Å²) < 4.78 is 0. The van der Waals surface area contributed by atoms with Crippen LogP contribution in [0, 0.1) is 0 Å². The third kappa shape index (κ3) is 3.37. The van der Waals surface area contributed by atoms with Crippen LogP contribution in [-0.2, 0) is 0 Å². The molecule has 1 saturated heterocycles. The Morgan fingerprint density at radius 3 is 2.62 bits per heavy atom. The maximum Gasteiger partial charge on any atom is 0.317 e. The lowest BCUT2D eigenvalue weighted by atomic mass is 10.2. The summed E-state index contributed by atoms with van der Waals surface area (Å²) in [7, 11) is 0. The van der Waals surface area contributed by atoms with Crippen LogP contribution in [0.2, 0.25) is 0 Å². The summed E-state index contributed by atoms with van der Waals surface area (Å²) in [6.45, 7) is 10.8. The normalized spacial score (nSPS) is 21.1. The molecular formula is C12H25N3O. The van der Waals surface area contributed by atoms with Crippen molar-refractivity contribution in [3.63, 3.8) is 0 Å². The number of nitrogens with one attached hydrogen (secondary N) is 1. The Balaban J connectivity index is 2.30. The van der Waals surface area contributed by atoms with Gasteiger partial charge in [0.15, 0.2) is 0 Å². The van der Waals surface area contributed by atoms with Crippen molar-refractivity contribution in [2.45, 2.75) is 39.7 Å². The van der Waals surface area contributed by atoms with Crippen LogP contribution in [0.25, 0.3) is 0 Å². The molecule has 94 valence electrons. The highest BCUT2D eigenvalue weighted by Crippen LogP contribution is 2.15. The van der Waals surface area contributed by atoms with Crippen LogP contribution in [-0.4, -0.2) is 54.6 Å². The smallest absolute Gasteiger partial charge is 0.317 e. The number of nitrogens with zero attached hydrogens (tertiary/aromatic N) is 2. The lowest BCUT2D eigenvalue weighted by Gasteiger charge is -2.25. The molecular weight excluding hydrogens is 202 g/mol. The monoisotopic (exact) mass is 227 g/mol. The van der Waals surface area contributed by atoms with E-state index in [-0.39, 0.29) is 6.03 Å². The summed E-state index contributed by atoms with van der Waals surface area (Å²) in [6, 6.07) is 0.623. The fourth-order valence-corrected chi connectivity index (χ4v) is 2.37. The lowest BCUT2D eigenvalue weighted by molar-refractivity contribution is 0.196. The molecule has 1 atom stereocenters. The van der Waals surface area contributed by atoms with Gasteiger partial charge in [0.05, 0.1) is 0 Å². The van der Waals surface area contributed by atoms with Gasteiger partial charge in [0.2, 0.25) is 0 Å². The number of urea groups is 1. The Morgan fingerprint density at radius 1 is 1.38 bits per heavy atom. The molecule has 0 bridgehead atoms. The molecule has 1 N–H and O–H groups in total. The number of hydrogen-bond donors (Lipinski definition) is 1. The first-order valence-corrected chi connectivity index (χ1v) is 6.49. The SMILES string of the molecule is CCN(CC)C(=O)NCC1CCCN1CC. The van der Waals surface area contributed by atoms with Gasteiger partial charge in [0, 0.05) is 25.7 Å². The Kier molecular flexibility index (Phi) is 5.60. The number of carbonyl (C=O) groups excluding carboxylic acids is 1. The van der Waals surface area contributed by atoms with E-state index in [4.69, 9.17) is 0 Å². The van der Waals surface area contributed by atoms with Gasteiger partial charge >= 0.3 is 6.03 Å². The number of carbonyl (C=O) groups is 1. The molecule has 0 saturated carbocycles. The summed E-state index contributed by atoms with van der Waals surface area (Å²) in [5.41, 5.74) is 0. The number of rotatable bonds is 5. The molecule has 1 heterocycles. The van der Waals surface area contributed by atoms with Gasteiger partial charge in [0.25, 0.3) is 0 Å². The first kappa shape index (κ1) is 13.3. The number of likely N-dealkylation sites (tertiary alicyclic amines) is 1. The number of amides is 2. The second kappa shape index (κ2) is 6.74. The van der Waals surface area contributed by atoms with Crippen molar-refractivity contribution in [2.75, 3.05) is 32.7 Å². The predicted octanol–water partition coefficient (Wildman–Crippen LogP) is 1.52. The highest BCUT2D eigenvalue weighted by molar-refractivity contribution is 5.74. The van der Waals surface area contributed by atoms with E-state index < -0.39 is 0 Å². The standard InChI is InChI=1S/C12H25N3O/c1-4-14(5-2)12(16)13-10-11-8-7-9-15(11)6-3/h11H,4-10H2,1-3H3,(H,13,16). The van der Waals surface area contributed by atoms with Gasteiger partial charge in [-0.25, -0.2) is 4.79 Å². The largest absolute Gasteiger partial charge is 0.336 e. The van der Waals surface area contributed by atoms with Gasteiger partial charge < -0.3 is 10.2 Å². The molecule has 0 aromatic rings. The van der Waals surface area contributed by atoms with Crippen molar-refractivity contribution in [3.05, 3.63) is 0 Å². The maximum atomic E-state index is 11.8. The highest BCUT2D eigenvalue weighted by atomic mass is 16.2. The van der Waals surface area contributed by atoms with Gasteiger partial charge in [-0.2, -0.15) is 0 Å². The lowest BCUT2D eigenvalue weighted by Crippen LogP contribution is -2.45. The minimum absolute atomic E-state index is 0.0768. The Hall–Kier alpha value is -0.770. The molecule has 2 amide bonds. The number of hydrogen-bond acceptors (Lipinski definition) is 2. The molecule has 1 fully saturated rings. The number of likely N-dealkylation sites (N-methyl/N-ethyl adjacent to an activating group) is 1. The predicted molar refractivity (Wildman–Crippen MR) is 66.6 cm³/mol. The van der Waals surface area contributed by atoms with Crippen LogP contribution in [0.1, 0.15) is 33.6 Å². The van der Waals surface area contributed by atoms with E-state index >= 15 is 0 Å². The molecule has 1 aliphatic rings. The van der Waals surface area contributed by atoms with Crippen LogP contribution < -0.4 is 5.32 Å². The van der Waals surface area contributed by atoms with E-state index in [1.54, 1.807) is 0 Å². The van der Waals surface area contributed by atoms with E-state index in [2.05, 4.69) is 17.1 Å². The first-order chi connectivity index (χ1) is 7.72. The first-order valence-electron chi connectivity index (χ1n) is 6.49. The molecule has 0 aromatic heterocycles. The van der Waals surface area contributed by atoms with Gasteiger partial charge in [0.1, 0.15) is 0 Å². The van der Waals surface area contributed by atoms with E-state index in [1.807, 2.05) is 18.7 Å². The van der Waals surface area contributed by atoms with Crippen LogP contribution in [0.4, 0.5) is 4.79 Å². The Labute approximate surface area is 99.0 Å². The minimum atomic E-state index is 0.0768. The molecule has 0 radical (unpaired) electrons. The molecule has 0 aliphatic carbocycles. The second-order valence-corrected chi connectivity index (χ2v) is 4.28. The topological polar surface area (TPSA) is 35.6 Å². The van der Waals surface area contributed by atoms with Crippen molar-refractivity contribution in [1.29, 1.82) is 0 Å². The van der Waals surface area contributed by atoms with Crippen LogP contribution in [0.3, 0.4) is 0 Å². The summed E-state index contributed by atoms with van der Waals surface area (Å²) in [5.74, 6) is 0. The van der Waals surface area contributed by atoms with E-state index in [1.165, 1.54) is 19.4 Å². The van der Waals surface area contributed by atoms with Gasteiger partial charge in [-0.3, -0.25) is 4.90 Å². The van der Waals surface area contributed by atoms with Crippen molar-refractivity contribution >= 4 is 6.03 Å². The summed E-state index contributed by atoms with van der Waals surface area (Å²) >= 11 is 0. The summed E-state index contributed by atoms with van der Waals surface area (Å²) in [5, 5.41) is 3.04. The molecule has 4 heteroatoms. The molecule has 1 rings (SSSR count). The van der Waals surface area contributed by atoms with Crippen molar-refractivity contribution in [2.24, 2.45) is 0 Å². The van der Waals surface area contributed by atoms with E-state index in [0.717, 1.165) is 26.2 Å². The quantitative estimate of drug-likeness (QED) is 0.773. The molecule has 1 aliphatic heterocycles. The highest BCUT2D eigenvalue weighted by Gasteiger charge is 2.23. The molecule has 0 aromatic carbocycles. The molecule has 16 heavy (non-hydrogen) atoms. The van der Waals surface area contributed by atoms with Crippen LogP contribution in [0.15, 0.2) is 0 Å². The maximum absolute atomic E-state index is 11.8. The minimum Gasteiger partial charge on any atom is -0.336 e. The Morgan fingerprint density at radius 2 is 2.06 bits per heavy atom. The zero-order chi connectivity index (χ0) is 12.0. The van der Waals surface area contributed by atoms with E-state index in [9.17, 15) is 4.79 Å². The summed E-state index contributed by atoms with van der Waals surface area (Å²) in [6.07, 6.45) is 2.48. The second-order valence-electron chi connectivity index (χ2n) is 4.28. The fourth-order valence-electron chi connectivity index (χ4n) is 2.37. The third-order valence-electron chi connectivity index (χ3n) is 3.44. The Bertz CT molecular complexity index is 216. The average Bonchev–Trinajstić information content (AvgIpc) is 2.75. The molecule has 0 spiro atoms. The van der Waals surface area contributed by atoms with Gasteiger partial charge in [-0.05, 0) is 39.8 Å². The van der Waals surface area contributed by atoms with Gasteiger partial charge in [-0.15, -0.1) is 0 Å². The summed E-state index contributed by atoms with van der Waals surface area (Å²) in [4.78, 5) is 16.0.